The predicted molar refractivity (Wildman–Crippen MR) is 46.3 cm³/mol. The molecule has 78 valence electrons. The fourth-order valence-electron chi connectivity index (χ4n) is 0.610. The SMILES string of the molecule is NC(=O)OCCCO/C(C=O)=C\C=O. The Morgan fingerprint density at radius 1 is 1.21 bits per heavy atom. The third-order valence-corrected chi connectivity index (χ3v) is 1.15. The number of hydrogen-bond acceptors (Lipinski definition) is 5. The summed E-state index contributed by atoms with van der Waals surface area (Å²) in [5.41, 5.74) is 4.69. The van der Waals surface area contributed by atoms with Gasteiger partial charge in [-0.1, -0.05) is 0 Å². The van der Waals surface area contributed by atoms with E-state index in [0.717, 1.165) is 6.08 Å². The van der Waals surface area contributed by atoms with Crippen LogP contribution < -0.4 is 5.73 Å². The fourth-order valence-corrected chi connectivity index (χ4v) is 0.610. The molecule has 0 aliphatic carbocycles. The molecule has 6 heteroatoms. The number of nitrogens with two attached hydrogens (primary N) is 1. The van der Waals surface area contributed by atoms with Crippen LogP contribution in [0.3, 0.4) is 0 Å². The summed E-state index contributed by atoms with van der Waals surface area (Å²) in [7, 11) is 0. The van der Waals surface area contributed by atoms with Crippen molar-refractivity contribution in [3.05, 3.63) is 11.8 Å². The van der Waals surface area contributed by atoms with Gasteiger partial charge in [-0.15, -0.1) is 0 Å². The summed E-state index contributed by atoms with van der Waals surface area (Å²) < 4.78 is 9.24. The molecule has 0 aromatic heterocycles. The first-order valence-electron chi connectivity index (χ1n) is 3.86. The molecule has 1 amide bonds. The average Bonchev–Trinajstić information content (AvgIpc) is 2.15. The summed E-state index contributed by atoms with van der Waals surface area (Å²) in [6.45, 7) is 0.286. The maximum Gasteiger partial charge on any atom is 0.404 e. The Hall–Kier alpha value is -1.85. The Labute approximate surface area is 80.7 Å². The van der Waals surface area contributed by atoms with Crippen molar-refractivity contribution in [2.75, 3.05) is 13.2 Å². The molecule has 0 rings (SSSR count). The molecule has 0 saturated heterocycles. The summed E-state index contributed by atoms with van der Waals surface area (Å²) >= 11 is 0. The van der Waals surface area contributed by atoms with Gasteiger partial charge >= 0.3 is 6.09 Å². The Morgan fingerprint density at radius 3 is 2.36 bits per heavy atom. The molecule has 0 aliphatic heterocycles. The first-order valence-corrected chi connectivity index (χ1v) is 3.86. The number of carbonyl (C=O) groups excluding carboxylic acids is 3. The molecule has 0 heterocycles. The van der Waals surface area contributed by atoms with E-state index in [1.165, 1.54) is 0 Å². The van der Waals surface area contributed by atoms with Gasteiger partial charge in [-0.25, -0.2) is 4.79 Å². The number of rotatable bonds is 7. The Morgan fingerprint density at radius 2 is 1.86 bits per heavy atom. The van der Waals surface area contributed by atoms with Crippen LogP contribution in [0, 0.1) is 0 Å². The van der Waals surface area contributed by atoms with Gasteiger partial charge in [0.1, 0.15) is 6.29 Å². The van der Waals surface area contributed by atoms with Crippen LogP contribution in [0.4, 0.5) is 4.79 Å². The van der Waals surface area contributed by atoms with Crippen LogP contribution in [0.2, 0.25) is 0 Å². The van der Waals surface area contributed by atoms with Crippen molar-refractivity contribution in [2.45, 2.75) is 6.42 Å². The lowest BCUT2D eigenvalue weighted by Crippen LogP contribution is -2.14. The van der Waals surface area contributed by atoms with E-state index >= 15 is 0 Å². The van der Waals surface area contributed by atoms with E-state index in [1.54, 1.807) is 0 Å². The molecule has 6 nitrogen and oxygen atoms in total. The molecule has 0 aliphatic rings. The molecule has 2 N–H and O–H groups in total. The normalized spacial score (nSPS) is 10.4. The highest BCUT2D eigenvalue weighted by molar-refractivity contribution is 5.79. The van der Waals surface area contributed by atoms with Crippen molar-refractivity contribution < 1.29 is 23.9 Å². The van der Waals surface area contributed by atoms with Crippen molar-refractivity contribution in [3.63, 3.8) is 0 Å². The van der Waals surface area contributed by atoms with Gasteiger partial charge in [-0.05, 0) is 0 Å². The van der Waals surface area contributed by atoms with Gasteiger partial charge in [0.25, 0.3) is 0 Å². The van der Waals surface area contributed by atoms with E-state index in [4.69, 9.17) is 10.5 Å². The number of hydrogen-bond donors (Lipinski definition) is 1. The number of carbonyl (C=O) groups is 3. The second kappa shape index (κ2) is 7.78. The highest BCUT2D eigenvalue weighted by atomic mass is 16.5. The van der Waals surface area contributed by atoms with Crippen LogP contribution in [-0.4, -0.2) is 31.9 Å². The lowest BCUT2D eigenvalue weighted by atomic mass is 10.4. The topological polar surface area (TPSA) is 95.7 Å². The minimum absolute atomic E-state index is 0.0564. The molecule has 0 atom stereocenters. The lowest BCUT2D eigenvalue weighted by molar-refractivity contribution is -0.109. The summed E-state index contributed by atoms with van der Waals surface area (Å²) in [5.74, 6) is -0.0564. The number of allylic oxidation sites excluding steroid dienone is 2. The zero-order valence-corrected chi connectivity index (χ0v) is 7.47. The zero-order valence-electron chi connectivity index (χ0n) is 7.47. The van der Waals surface area contributed by atoms with Crippen LogP contribution in [0.5, 0.6) is 0 Å². The standard InChI is InChI=1S/C8H11NO5/c9-8(12)14-5-1-4-13-7(6-11)2-3-10/h2-3,6H,1,4-5H2,(H2,9,12)/b7-2-. The van der Waals surface area contributed by atoms with E-state index in [2.05, 4.69) is 4.74 Å². The van der Waals surface area contributed by atoms with Gasteiger partial charge in [0, 0.05) is 12.5 Å². The molecule has 0 saturated carbocycles. The fraction of sp³-hybridized carbons (Fsp3) is 0.375. The maximum absolute atomic E-state index is 10.2. The van der Waals surface area contributed by atoms with Gasteiger partial charge in [0.2, 0.25) is 0 Å². The first kappa shape index (κ1) is 12.2. The van der Waals surface area contributed by atoms with Crippen LogP contribution in [0.15, 0.2) is 11.8 Å². The third-order valence-electron chi connectivity index (χ3n) is 1.15. The van der Waals surface area contributed by atoms with E-state index < -0.39 is 6.09 Å². The van der Waals surface area contributed by atoms with Gasteiger partial charge in [0.05, 0.1) is 13.2 Å². The molecule has 0 bridgehead atoms. The molecule has 0 aromatic carbocycles. The zero-order chi connectivity index (χ0) is 10.8. The van der Waals surface area contributed by atoms with Gasteiger partial charge < -0.3 is 15.2 Å². The molecule has 0 aromatic rings. The first-order chi connectivity index (χ1) is 6.70. The minimum atomic E-state index is -0.857. The van der Waals surface area contributed by atoms with Gasteiger partial charge in [-0.3, -0.25) is 9.59 Å². The molecular formula is C8H11NO5. The number of ether oxygens (including phenoxy) is 2. The summed E-state index contributed by atoms with van der Waals surface area (Å²) in [6.07, 6.45) is 1.41. The quantitative estimate of drug-likeness (QED) is 0.265. The van der Waals surface area contributed by atoms with E-state index in [1.807, 2.05) is 0 Å². The summed E-state index contributed by atoms with van der Waals surface area (Å²) in [4.78, 5) is 30.3. The van der Waals surface area contributed by atoms with Crippen LogP contribution in [-0.2, 0) is 19.1 Å². The number of primary amides is 1. The highest BCUT2D eigenvalue weighted by Gasteiger charge is 1.96. The molecular weight excluding hydrogens is 190 g/mol. The van der Waals surface area contributed by atoms with E-state index in [-0.39, 0.29) is 19.0 Å². The minimum Gasteiger partial charge on any atom is -0.490 e. The molecule has 0 spiro atoms. The van der Waals surface area contributed by atoms with E-state index in [0.29, 0.717) is 19.0 Å². The highest BCUT2D eigenvalue weighted by Crippen LogP contribution is 1.93. The Kier molecular flexibility index (Phi) is 6.75. The van der Waals surface area contributed by atoms with Crippen LogP contribution in [0.1, 0.15) is 6.42 Å². The summed E-state index contributed by atoms with van der Waals surface area (Å²) in [6, 6.07) is 0. The third kappa shape index (κ3) is 6.84. The van der Waals surface area contributed by atoms with Crippen molar-refractivity contribution >= 4 is 18.7 Å². The second-order valence-corrected chi connectivity index (χ2v) is 2.19. The van der Waals surface area contributed by atoms with E-state index in [9.17, 15) is 14.4 Å². The Balaban J connectivity index is 3.52. The van der Waals surface area contributed by atoms with Crippen LogP contribution >= 0.6 is 0 Å². The largest absolute Gasteiger partial charge is 0.490 e. The molecule has 14 heavy (non-hydrogen) atoms. The number of aldehydes is 2. The second-order valence-electron chi connectivity index (χ2n) is 2.19. The average molecular weight is 201 g/mol. The Bertz CT molecular complexity index is 236. The smallest absolute Gasteiger partial charge is 0.404 e. The molecule has 0 radical (unpaired) electrons. The van der Waals surface area contributed by atoms with Gasteiger partial charge in [0.15, 0.2) is 12.0 Å². The van der Waals surface area contributed by atoms with Gasteiger partial charge in [-0.2, -0.15) is 0 Å². The number of amides is 1. The lowest BCUT2D eigenvalue weighted by Gasteiger charge is -2.03. The predicted octanol–water partition coefficient (Wildman–Crippen LogP) is -0.230. The van der Waals surface area contributed by atoms with Crippen molar-refractivity contribution in [1.82, 2.24) is 0 Å². The van der Waals surface area contributed by atoms with Crippen molar-refractivity contribution in [2.24, 2.45) is 5.73 Å². The maximum atomic E-state index is 10.2. The molecule has 0 fully saturated rings. The monoisotopic (exact) mass is 201 g/mol. The van der Waals surface area contributed by atoms with Crippen molar-refractivity contribution in [3.8, 4) is 0 Å². The molecule has 0 unspecified atom stereocenters. The van der Waals surface area contributed by atoms with Crippen molar-refractivity contribution in [1.29, 1.82) is 0 Å². The van der Waals surface area contributed by atoms with Crippen LogP contribution in [0.25, 0.3) is 0 Å². The summed E-state index contributed by atoms with van der Waals surface area (Å²) in [5, 5.41) is 0.